The van der Waals surface area contributed by atoms with Gasteiger partial charge in [0.15, 0.2) is 0 Å². The lowest BCUT2D eigenvalue weighted by Gasteiger charge is -2.08. The van der Waals surface area contributed by atoms with Gasteiger partial charge in [-0.1, -0.05) is 78.9 Å². The molecule has 0 radical (unpaired) electrons. The van der Waals surface area contributed by atoms with Crippen LogP contribution in [0.2, 0.25) is 0 Å². The Morgan fingerprint density at radius 2 is 1.07 bits per heavy atom. The molecule has 1 N–H and O–H groups in total. The first-order chi connectivity index (χ1) is 13.9. The molecule has 1 aromatic heterocycles. The Labute approximate surface area is 166 Å². The van der Waals surface area contributed by atoms with Crippen LogP contribution in [0, 0.1) is 0 Å². The Morgan fingerprint density at radius 3 is 1.68 bits per heavy atom. The molecule has 0 atom stereocenters. The maximum atomic E-state index is 4.08. The maximum Gasteiger partial charge on any atom is 0.0273 e. The molecule has 0 saturated carbocycles. The summed E-state index contributed by atoms with van der Waals surface area (Å²) in [4.78, 5) is 4.08. The maximum absolute atomic E-state index is 4.08. The van der Waals surface area contributed by atoms with Crippen molar-refractivity contribution in [2.24, 2.45) is 0 Å². The summed E-state index contributed by atoms with van der Waals surface area (Å²) in [5.74, 6) is 0. The van der Waals surface area contributed by atoms with E-state index in [1.54, 1.807) is 0 Å². The minimum absolute atomic E-state index is 0.897. The van der Waals surface area contributed by atoms with E-state index >= 15 is 0 Å². The molecule has 3 aromatic carbocycles. The second-order valence-electron chi connectivity index (χ2n) is 6.92. The van der Waals surface area contributed by atoms with Gasteiger partial charge in [0.25, 0.3) is 0 Å². The molecule has 0 aliphatic carbocycles. The SMILES string of the molecule is c1ccc(CCNCc2ccc(-c3ccc(-c4ccncc4)cc3)cc2)cc1. The van der Waals surface area contributed by atoms with Crippen LogP contribution >= 0.6 is 0 Å². The lowest BCUT2D eigenvalue weighted by atomic mass is 10.00. The number of nitrogens with zero attached hydrogens (tertiary/aromatic N) is 1. The predicted octanol–water partition coefficient (Wildman–Crippen LogP) is 5.75. The van der Waals surface area contributed by atoms with E-state index in [2.05, 4.69) is 89.2 Å². The van der Waals surface area contributed by atoms with Gasteiger partial charge in [-0.2, -0.15) is 0 Å². The number of hydrogen-bond acceptors (Lipinski definition) is 2. The molecular formula is C26H24N2. The molecule has 0 unspecified atom stereocenters. The first kappa shape index (κ1) is 18.1. The van der Waals surface area contributed by atoms with E-state index in [1.807, 2.05) is 24.5 Å². The van der Waals surface area contributed by atoms with E-state index in [-0.39, 0.29) is 0 Å². The first-order valence-corrected chi connectivity index (χ1v) is 9.73. The molecule has 0 spiro atoms. The van der Waals surface area contributed by atoms with Gasteiger partial charge in [-0.3, -0.25) is 4.98 Å². The van der Waals surface area contributed by atoms with Crippen LogP contribution < -0.4 is 5.32 Å². The minimum Gasteiger partial charge on any atom is -0.312 e. The van der Waals surface area contributed by atoms with E-state index in [4.69, 9.17) is 0 Å². The van der Waals surface area contributed by atoms with Crippen molar-refractivity contribution in [2.75, 3.05) is 6.54 Å². The Morgan fingerprint density at radius 1 is 0.536 bits per heavy atom. The second kappa shape index (κ2) is 9.12. The van der Waals surface area contributed by atoms with Crippen LogP contribution in [0.25, 0.3) is 22.3 Å². The van der Waals surface area contributed by atoms with E-state index < -0.39 is 0 Å². The fourth-order valence-corrected chi connectivity index (χ4v) is 3.32. The lowest BCUT2D eigenvalue weighted by molar-refractivity contribution is 0.687. The molecular weight excluding hydrogens is 340 g/mol. The molecule has 0 aliphatic heterocycles. The van der Waals surface area contributed by atoms with Crippen LogP contribution in [0.3, 0.4) is 0 Å². The minimum atomic E-state index is 0.897. The standard InChI is InChI=1S/C26H24N2/c1-2-4-21(5-3-1)14-17-28-20-22-6-8-23(9-7-22)24-10-12-25(13-11-24)26-15-18-27-19-16-26/h1-13,15-16,18-19,28H,14,17,20H2. The van der Waals surface area contributed by atoms with Crippen LogP contribution in [0.5, 0.6) is 0 Å². The smallest absolute Gasteiger partial charge is 0.0273 e. The molecule has 1 heterocycles. The molecule has 4 aromatic rings. The molecule has 0 saturated heterocycles. The molecule has 0 bridgehead atoms. The summed E-state index contributed by atoms with van der Waals surface area (Å²) in [5, 5.41) is 3.53. The zero-order chi connectivity index (χ0) is 19.0. The van der Waals surface area contributed by atoms with Crippen LogP contribution in [-0.2, 0) is 13.0 Å². The van der Waals surface area contributed by atoms with Crippen molar-refractivity contribution < 1.29 is 0 Å². The monoisotopic (exact) mass is 364 g/mol. The third-order valence-electron chi connectivity index (χ3n) is 4.95. The second-order valence-corrected chi connectivity index (χ2v) is 6.92. The Kier molecular flexibility index (Phi) is 5.91. The largest absolute Gasteiger partial charge is 0.312 e. The van der Waals surface area contributed by atoms with Crippen molar-refractivity contribution in [2.45, 2.75) is 13.0 Å². The summed E-state index contributed by atoms with van der Waals surface area (Å²) in [6.45, 7) is 1.89. The average molecular weight is 364 g/mol. The molecule has 2 nitrogen and oxygen atoms in total. The fraction of sp³-hybridized carbons (Fsp3) is 0.115. The Bertz CT molecular complexity index is 976. The van der Waals surface area contributed by atoms with Gasteiger partial charge < -0.3 is 5.32 Å². The van der Waals surface area contributed by atoms with Crippen molar-refractivity contribution in [1.82, 2.24) is 10.3 Å². The van der Waals surface area contributed by atoms with Crippen molar-refractivity contribution in [3.05, 3.63) is 115 Å². The highest BCUT2D eigenvalue weighted by Gasteiger charge is 2.01. The topological polar surface area (TPSA) is 24.9 Å². The van der Waals surface area contributed by atoms with Gasteiger partial charge in [-0.05, 0) is 58.5 Å². The van der Waals surface area contributed by atoms with Crippen molar-refractivity contribution in [3.63, 3.8) is 0 Å². The molecule has 28 heavy (non-hydrogen) atoms. The zero-order valence-corrected chi connectivity index (χ0v) is 15.9. The summed E-state index contributed by atoms with van der Waals surface area (Å²) >= 11 is 0. The first-order valence-electron chi connectivity index (χ1n) is 9.73. The van der Waals surface area contributed by atoms with Crippen molar-refractivity contribution in [1.29, 1.82) is 0 Å². The highest BCUT2D eigenvalue weighted by Crippen LogP contribution is 2.24. The zero-order valence-electron chi connectivity index (χ0n) is 15.9. The number of pyridine rings is 1. The normalized spacial score (nSPS) is 10.7. The van der Waals surface area contributed by atoms with Gasteiger partial charge in [-0.25, -0.2) is 0 Å². The predicted molar refractivity (Wildman–Crippen MR) is 117 cm³/mol. The number of aromatic nitrogens is 1. The summed E-state index contributed by atoms with van der Waals surface area (Å²) in [7, 11) is 0. The summed E-state index contributed by atoms with van der Waals surface area (Å²) in [5.41, 5.74) is 7.57. The highest BCUT2D eigenvalue weighted by molar-refractivity contribution is 5.70. The molecule has 0 amide bonds. The molecule has 138 valence electrons. The lowest BCUT2D eigenvalue weighted by Crippen LogP contribution is -2.16. The van der Waals surface area contributed by atoms with Crippen LogP contribution in [-0.4, -0.2) is 11.5 Å². The summed E-state index contributed by atoms with van der Waals surface area (Å²) in [6, 6.07) is 32.2. The van der Waals surface area contributed by atoms with Crippen molar-refractivity contribution >= 4 is 0 Å². The van der Waals surface area contributed by atoms with Gasteiger partial charge in [0.05, 0.1) is 0 Å². The van der Waals surface area contributed by atoms with Crippen LogP contribution in [0.4, 0.5) is 0 Å². The van der Waals surface area contributed by atoms with E-state index in [9.17, 15) is 0 Å². The van der Waals surface area contributed by atoms with E-state index in [1.165, 1.54) is 33.4 Å². The number of nitrogens with one attached hydrogen (secondary N) is 1. The molecule has 0 fully saturated rings. The summed E-state index contributed by atoms with van der Waals surface area (Å²) < 4.78 is 0. The Hall–Kier alpha value is -3.23. The molecule has 0 aliphatic rings. The van der Waals surface area contributed by atoms with Gasteiger partial charge >= 0.3 is 0 Å². The van der Waals surface area contributed by atoms with Crippen molar-refractivity contribution in [3.8, 4) is 22.3 Å². The average Bonchev–Trinajstić information content (AvgIpc) is 2.79. The highest BCUT2D eigenvalue weighted by atomic mass is 14.8. The van der Waals surface area contributed by atoms with Crippen LogP contribution in [0.15, 0.2) is 103 Å². The third-order valence-corrected chi connectivity index (χ3v) is 4.95. The van der Waals surface area contributed by atoms with E-state index in [0.717, 1.165) is 19.5 Å². The third kappa shape index (κ3) is 4.73. The van der Waals surface area contributed by atoms with E-state index in [0.29, 0.717) is 0 Å². The quantitative estimate of drug-likeness (QED) is 0.423. The number of hydrogen-bond donors (Lipinski definition) is 1. The fourth-order valence-electron chi connectivity index (χ4n) is 3.32. The molecule has 4 rings (SSSR count). The summed E-state index contributed by atoms with van der Waals surface area (Å²) in [6.07, 6.45) is 4.72. The Balaban J connectivity index is 1.33. The van der Waals surface area contributed by atoms with Crippen LogP contribution in [0.1, 0.15) is 11.1 Å². The number of benzene rings is 3. The van der Waals surface area contributed by atoms with Gasteiger partial charge in [0.1, 0.15) is 0 Å². The van der Waals surface area contributed by atoms with Gasteiger partial charge in [-0.15, -0.1) is 0 Å². The number of rotatable bonds is 7. The van der Waals surface area contributed by atoms with Gasteiger partial charge in [0.2, 0.25) is 0 Å². The molecule has 2 heteroatoms. The van der Waals surface area contributed by atoms with Gasteiger partial charge in [0, 0.05) is 18.9 Å².